The molecule has 0 spiro atoms. The fourth-order valence-corrected chi connectivity index (χ4v) is 4.63. The lowest BCUT2D eigenvalue weighted by Gasteiger charge is -2.34. The van der Waals surface area contributed by atoms with Crippen LogP contribution in [0.2, 0.25) is 10.0 Å². The highest BCUT2D eigenvalue weighted by Crippen LogP contribution is 2.31. The molecule has 2 aromatic heterocycles. The Kier molecular flexibility index (Phi) is 6.36. The van der Waals surface area contributed by atoms with Gasteiger partial charge in [-0.2, -0.15) is 0 Å². The van der Waals surface area contributed by atoms with E-state index in [-0.39, 0.29) is 0 Å². The number of hydrogen-bond donors (Lipinski definition) is 0. The highest BCUT2D eigenvalue weighted by Gasteiger charge is 2.22. The van der Waals surface area contributed by atoms with E-state index in [2.05, 4.69) is 61.6 Å². The van der Waals surface area contributed by atoms with E-state index in [0.717, 1.165) is 65.7 Å². The van der Waals surface area contributed by atoms with Crippen LogP contribution in [0.15, 0.2) is 73.1 Å². The Hall–Kier alpha value is -2.86. The maximum atomic E-state index is 6.16. The summed E-state index contributed by atoms with van der Waals surface area (Å²) in [6, 6.07) is 20.2. The van der Waals surface area contributed by atoms with Crippen molar-refractivity contribution in [3.8, 4) is 16.9 Å². The van der Waals surface area contributed by atoms with Crippen LogP contribution in [0.25, 0.3) is 16.9 Å². The second-order valence-electron chi connectivity index (χ2n) is 8.27. The first-order valence-electron chi connectivity index (χ1n) is 11.1. The second kappa shape index (κ2) is 9.56. The minimum atomic E-state index is 0.733. The molecule has 3 heterocycles. The standard InChI is InChI=1S/C26H25Cl2N5/c1-19-21(18-31-13-15-32(16-14-31)26-29-11-2-12-30-26)17-25(20-3-5-22(27)6-4-20)33(19)24-9-7-23(28)8-10-24/h2-12,17H,13-16,18H2,1H3. The Morgan fingerprint density at radius 3 is 2.06 bits per heavy atom. The molecule has 168 valence electrons. The van der Waals surface area contributed by atoms with Crippen molar-refractivity contribution in [3.05, 3.63) is 94.4 Å². The first-order valence-corrected chi connectivity index (χ1v) is 11.8. The smallest absolute Gasteiger partial charge is 0.225 e. The van der Waals surface area contributed by atoms with Crippen LogP contribution in [0.5, 0.6) is 0 Å². The van der Waals surface area contributed by atoms with Gasteiger partial charge in [-0.25, -0.2) is 9.97 Å². The lowest BCUT2D eigenvalue weighted by molar-refractivity contribution is 0.248. The van der Waals surface area contributed by atoms with E-state index in [1.807, 2.05) is 30.3 Å². The molecule has 7 heteroatoms. The maximum Gasteiger partial charge on any atom is 0.225 e. The minimum absolute atomic E-state index is 0.733. The number of aromatic nitrogens is 3. The molecule has 0 bridgehead atoms. The van der Waals surface area contributed by atoms with Crippen LogP contribution in [0.1, 0.15) is 11.3 Å². The predicted octanol–water partition coefficient (Wildman–Crippen LogP) is 5.87. The number of anilines is 1. The second-order valence-corrected chi connectivity index (χ2v) is 9.14. The average molecular weight is 478 g/mol. The first-order chi connectivity index (χ1) is 16.1. The summed E-state index contributed by atoms with van der Waals surface area (Å²) >= 11 is 12.3. The molecule has 1 aliphatic heterocycles. The minimum Gasteiger partial charge on any atom is -0.338 e. The molecule has 2 aromatic carbocycles. The fourth-order valence-electron chi connectivity index (χ4n) is 4.38. The van der Waals surface area contributed by atoms with Crippen molar-refractivity contribution in [2.75, 3.05) is 31.1 Å². The molecule has 33 heavy (non-hydrogen) atoms. The molecule has 1 saturated heterocycles. The van der Waals surface area contributed by atoms with Crippen molar-refractivity contribution in [1.29, 1.82) is 0 Å². The molecule has 0 saturated carbocycles. The van der Waals surface area contributed by atoms with Crippen LogP contribution in [0.3, 0.4) is 0 Å². The van der Waals surface area contributed by atoms with Gasteiger partial charge in [-0.15, -0.1) is 0 Å². The van der Waals surface area contributed by atoms with Crippen LogP contribution >= 0.6 is 23.2 Å². The van der Waals surface area contributed by atoms with Crippen molar-refractivity contribution in [2.24, 2.45) is 0 Å². The summed E-state index contributed by atoms with van der Waals surface area (Å²) in [5, 5.41) is 1.47. The van der Waals surface area contributed by atoms with Crippen LogP contribution in [0, 0.1) is 6.92 Å². The highest BCUT2D eigenvalue weighted by molar-refractivity contribution is 6.30. The van der Waals surface area contributed by atoms with E-state index in [1.54, 1.807) is 12.4 Å². The van der Waals surface area contributed by atoms with Crippen LogP contribution in [-0.2, 0) is 6.54 Å². The summed E-state index contributed by atoms with van der Waals surface area (Å²) in [6.07, 6.45) is 3.60. The molecule has 5 nitrogen and oxygen atoms in total. The van der Waals surface area contributed by atoms with Gasteiger partial charge in [0.15, 0.2) is 0 Å². The van der Waals surface area contributed by atoms with E-state index < -0.39 is 0 Å². The number of rotatable bonds is 5. The zero-order chi connectivity index (χ0) is 22.8. The van der Waals surface area contributed by atoms with Crippen molar-refractivity contribution >= 4 is 29.2 Å². The Labute approximate surface area is 204 Å². The Balaban J connectivity index is 1.42. The Bertz CT molecular complexity index is 1210. The van der Waals surface area contributed by atoms with Gasteiger partial charge >= 0.3 is 0 Å². The monoisotopic (exact) mass is 477 g/mol. The molecule has 4 aromatic rings. The Morgan fingerprint density at radius 2 is 1.42 bits per heavy atom. The number of benzene rings is 2. The van der Waals surface area contributed by atoms with Crippen molar-refractivity contribution in [2.45, 2.75) is 13.5 Å². The van der Waals surface area contributed by atoms with Gasteiger partial charge in [-0.3, -0.25) is 4.90 Å². The van der Waals surface area contributed by atoms with Gasteiger partial charge in [0.1, 0.15) is 0 Å². The van der Waals surface area contributed by atoms with Gasteiger partial charge in [0.2, 0.25) is 5.95 Å². The highest BCUT2D eigenvalue weighted by atomic mass is 35.5. The Morgan fingerprint density at radius 1 is 0.818 bits per heavy atom. The number of piperazine rings is 1. The third-order valence-corrected chi connectivity index (χ3v) is 6.68. The molecule has 0 radical (unpaired) electrons. The van der Waals surface area contributed by atoms with E-state index in [9.17, 15) is 0 Å². The van der Waals surface area contributed by atoms with Gasteiger partial charge < -0.3 is 9.47 Å². The third kappa shape index (κ3) is 4.76. The summed E-state index contributed by atoms with van der Waals surface area (Å²) in [5.41, 5.74) is 5.93. The van der Waals surface area contributed by atoms with E-state index >= 15 is 0 Å². The normalized spacial score (nSPS) is 14.6. The molecule has 0 aliphatic carbocycles. The molecular formula is C26H25Cl2N5. The van der Waals surface area contributed by atoms with Crippen molar-refractivity contribution < 1.29 is 0 Å². The van der Waals surface area contributed by atoms with Gasteiger partial charge in [0, 0.05) is 66.5 Å². The van der Waals surface area contributed by atoms with Gasteiger partial charge in [0.25, 0.3) is 0 Å². The molecule has 0 atom stereocenters. The fraction of sp³-hybridized carbons (Fsp3) is 0.231. The quantitative estimate of drug-likeness (QED) is 0.360. The lowest BCUT2D eigenvalue weighted by Crippen LogP contribution is -2.46. The van der Waals surface area contributed by atoms with Crippen LogP contribution < -0.4 is 4.90 Å². The van der Waals surface area contributed by atoms with Crippen LogP contribution in [0.4, 0.5) is 5.95 Å². The summed E-state index contributed by atoms with van der Waals surface area (Å²) in [5.74, 6) is 0.812. The van der Waals surface area contributed by atoms with Gasteiger partial charge in [-0.05, 0) is 66.6 Å². The average Bonchev–Trinajstić information content (AvgIpc) is 3.17. The number of halogens is 2. The van der Waals surface area contributed by atoms with Gasteiger partial charge in [-0.1, -0.05) is 35.3 Å². The number of nitrogens with zero attached hydrogens (tertiary/aromatic N) is 5. The van der Waals surface area contributed by atoms with E-state index in [0.29, 0.717) is 0 Å². The van der Waals surface area contributed by atoms with Gasteiger partial charge in [0.05, 0.1) is 5.69 Å². The molecule has 5 rings (SSSR count). The molecule has 0 unspecified atom stereocenters. The molecule has 1 fully saturated rings. The zero-order valence-corrected chi connectivity index (χ0v) is 20.0. The third-order valence-electron chi connectivity index (χ3n) is 6.18. The summed E-state index contributed by atoms with van der Waals surface area (Å²) in [7, 11) is 0. The van der Waals surface area contributed by atoms with Crippen molar-refractivity contribution in [3.63, 3.8) is 0 Å². The topological polar surface area (TPSA) is 37.2 Å². The molecular weight excluding hydrogens is 453 g/mol. The summed E-state index contributed by atoms with van der Waals surface area (Å²) in [6.45, 7) is 6.88. The van der Waals surface area contributed by atoms with Crippen molar-refractivity contribution in [1.82, 2.24) is 19.4 Å². The van der Waals surface area contributed by atoms with Crippen LogP contribution in [-0.4, -0.2) is 45.6 Å². The maximum absolute atomic E-state index is 6.16. The number of hydrogen-bond acceptors (Lipinski definition) is 4. The van der Waals surface area contributed by atoms with E-state index in [4.69, 9.17) is 23.2 Å². The largest absolute Gasteiger partial charge is 0.338 e. The molecule has 1 aliphatic rings. The van der Waals surface area contributed by atoms with E-state index in [1.165, 1.54) is 11.3 Å². The molecule has 0 N–H and O–H groups in total. The predicted molar refractivity (Wildman–Crippen MR) is 135 cm³/mol. The zero-order valence-electron chi connectivity index (χ0n) is 18.5. The first kappa shape index (κ1) is 22.0. The SMILES string of the molecule is Cc1c(CN2CCN(c3ncccn3)CC2)cc(-c2ccc(Cl)cc2)n1-c1ccc(Cl)cc1. The lowest BCUT2D eigenvalue weighted by atomic mass is 10.1. The summed E-state index contributed by atoms with van der Waals surface area (Å²) in [4.78, 5) is 13.5. The molecule has 0 amide bonds. The summed E-state index contributed by atoms with van der Waals surface area (Å²) < 4.78 is 2.31.